The second kappa shape index (κ2) is 9.03. The number of nitrogens with two attached hydrogens (primary N) is 1. The van der Waals surface area contributed by atoms with Crippen molar-refractivity contribution in [3.8, 4) is 5.75 Å². The number of rotatable bonds is 8. The van der Waals surface area contributed by atoms with E-state index in [-0.39, 0.29) is 0 Å². The molecule has 0 aliphatic heterocycles. The number of nitrogens with zero attached hydrogens (tertiary/aromatic N) is 1. The number of carbonyl (C=O) groups is 1. The van der Waals surface area contributed by atoms with Crippen molar-refractivity contribution in [2.45, 2.75) is 25.4 Å². The first-order valence-corrected chi connectivity index (χ1v) is 8.09. The standard InChI is InChI=1S/C19H19F3N2O2/c20-19(21,22)15-12-14-8-7-9-16(18(14)24-13-15)26-11-6-4-2-1-3-5-10-17(23)25/h1,3,5,7-10,12-13H,2,4,6,11H2,(H2,23,25). The molecule has 2 N–H and O–H groups in total. The first-order valence-electron chi connectivity index (χ1n) is 8.09. The quantitative estimate of drug-likeness (QED) is 0.429. The van der Waals surface area contributed by atoms with Gasteiger partial charge in [-0.25, -0.2) is 0 Å². The number of benzene rings is 1. The predicted molar refractivity (Wildman–Crippen MR) is 93.6 cm³/mol. The Morgan fingerprint density at radius 1 is 1.23 bits per heavy atom. The van der Waals surface area contributed by atoms with Crippen LogP contribution in [0.1, 0.15) is 24.8 Å². The van der Waals surface area contributed by atoms with Crippen LogP contribution < -0.4 is 10.5 Å². The van der Waals surface area contributed by atoms with E-state index in [1.54, 1.807) is 30.4 Å². The maximum absolute atomic E-state index is 12.8. The Bertz CT molecular complexity index is 814. The molecule has 138 valence electrons. The number of halogens is 3. The van der Waals surface area contributed by atoms with Gasteiger partial charge in [0.25, 0.3) is 0 Å². The first kappa shape index (κ1) is 19.5. The largest absolute Gasteiger partial charge is 0.491 e. The van der Waals surface area contributed by atoms with Crippen molar-refractivity contribution in [1.82, 2.24) is 4.98 Å². The van der Waals surface area contributed by atoms with Crippen molar-refractivity contribution in [2.75, 3.05) is 6.61 Å². The summed E-state index contributed by atoms with van der Waals surface area (Å²) in [6, 6.07) is 5.98. The third-order valence-corrected chi connectivity index (χ3v) is 3.53. The summed E-state index contributed by atoms with van der Waals surface area (Å²) in [5, 5.41) is 0.390. The molecule has 0 aliphatic carbocycles. The zero-order valence-electron chi connectivity index (χ0n) is 14.0. The Morgan fingerprint density at radius 3 is 2.77 bits per heavy atom. The molecule has 0 bridgehead atoms. The van der Waals surface area contributed by atoms with Crippen LogP contribution in [-0.4, -0.2) is 17.5 Å². The summed E-state index contributed by atoms with van der Waals surface area (Å²) >= 11 is 0. The van der Waals surface area contributed by atoms with Crippen molar-refractivity contribution >= 4 is 16.8 Å². The Morgan fingerprint density at radius 2 is 2.04 bits per heavy atom. The molecule has 0 unspecified atom stereocenters. The number of amides is 1. The zero-order chi connectivity index (χ0) is 19.0. The highest BCUT2D eigenvalue weighted by Crippen LogP contribution is 2.32. The highest BCUT2D eigenvalue weighted by Gasteiger charge is 2.31. The van der Waals surface area contributed by atoms with Gasteiger partial charge in [0.05, 0.1) is 12.2 Å². The van der Waals surface area contributed by atoms with Gasteiger partial charge in [0.15, 0.2) is 0 Å². The van der Waals surface area contributed by atoms with Crippen LogP contribution in [0.3, 0.4) is 0 Å². The van der Waals surface area contributed by atoms with E-state index in [1.807, 2.05) is 6.08 Å². The van der Waals surface area contributed by atoms with E-state index in [0.29, 0.717) is 23.3 Å². The van der Waals surface area contributed by atoms with Gasteiger partial charge in [0.1, 0.15) is 11.3 Å². The van der Waals surface area contributed by atoms with E-state index >= 15 is 0 Å². The summed E-state index contributed by atoms with van der Waals surface area (Å²) in [6.07, 6.45) is 5.38. The fourth-order valence-corrected chi connectivity index (χ4v) is 2.28. The molecule has 0 radical (unpaired) electrons. The Labute approximate surface area is 149 Å². The summed E-state index contributed by atoms with van der Waals surface area (Å²) in [6.45, 7) is 0.437. The smallest absolute Gasteiger partial charge is 0.417 e. The third kappa shape index (κ3) is 5.91. The molecule has 1 aromatic heterocycles. The SMILES string of the molecule is NC(=O)C=CC=CCCCCOc1cccc2cc(C(F)(F)F)cnc12. The highest BCUT2D eigenvalue weighted by molar-refractivity contribution is 5.86. The van der Waals surface area contributed by atoms with Gasteiger partial charge in [0, 0.05) is 17.7 Å². The van der Waals surface area contributed by atoms with Crippen LogP contribution in [0, 0.1) is 0 Å². The van der Waals surface area contributed by atoms with Gasteiger partial charge >= 0.3 is 6.18 Å². The number of para-hydroxylation sites is 1. The minimum Gasteiger partial charge on any atom is -0.491 e. The van der Waals surface area contributed by atoms with E-state index < -0.39 is 17.6 Å². The van der Waals surface area contributed by atoms with Crippen LogP contribution in [0.15, 0.2) is 54.8 Å². The van der Waals surface area contributed by atoms with Gasteiger partial charge in [0.2, 0.25) is 5.91 Å². The molecule has 4 nitrogen and oxygen atoms in total. The van der Waals surface area contributed by atoms with Crippen molar-refractivity contribution in [3.05, 3.63) is 60.3 Å². The summed E-state index contributed by atoms with van der Waals surface area (Å²) in [5.41, 5.74) is 4.60. The van der Waals surface area contributed by atoms with Crippen molar-refractivity contribution in [1.29, 1.82) is 0 Å². The van der Waals surface area contributed by atoms with E-state index in [2.05, 4.69) is 4.98 Å². The van der Waals surface area contributed by atoms with Crippen LogP contribution >= 0.6 is 0 Å². The molecule has 0 fully saturated rings. The maximum Gasteiger partial charge on any atom is 0.417 e. The third-order valence-electron chi connectivity index (χ3n) is 3.53. The van der Waals surface area contributed by atoms with Crippen LogP contribution in [0.2, 0.25) is 0 Å². The van der Waals surface area contributed by atoms with Crippen LogP contribution in [0.5, 0.6) is 5.75 Å². The van der Waals surface area contributed by atoms with Gasteiger partial charge in [-0.3, -0.25) is 9.78 Å². The molecule has 2 aromatic rings. The summed E-state index contributed by atoms with van der Waals surface area (Å²) in [7, 11) is 0. The molecule has 0 aliphatic rings. The molecule has 26 heavy (non-hydrogen) atoms. The molecule has 0 atom stereocenters. The molecule has 1 amide bonds. The normalized spacial score (nSPS) is 12.3. The number of pyridine rings is 1. The lowest BCUT2D eigenvalue weighted by atomic mass is 10.1. The molecule has 1 heterocycles. The summed E-state index contributed by atoms with van der Waals surface area (Å²) in [4.78, 5) is 14.4. The van der Waals surface area contributed by atoms with Crippen molar-refractivity contribution in [3.63, 3.8) is 0 Å². The average molecular weight is 364 g/mol. The molecule has 1 aromatic carbocycles. The molecular weight excluding hydrogens is 345 g/mol. The number of aromatic nitrogens is 1. The minimum atomic E-state index is -4.42. The lowest BCUT2D eigenvalue weighted by molar-refractivity contribution is -0.137. The highest BCUT2D eigenvalue weighted by atomic mass is 19.4. The van der Waals surface area contributed by atoms with E-state index in [0.717, 1.165) is 31.5 Å². The Kier molecular flexibility index (Phi) is 6.77. The molecule has 2 rings (SSSR count). The lowest BCUT2D eigenvalue weighted by Crippen LogP contribution is -2.05. The number of hydrogen-bond acceptors (Lipinski definition) is 3. The van der Waals surface area contributed by atoms with E-state index in [9.17, 15) is 18.0 Å². The van der Waals surface area contributed by atoms with Crippen molar-refractivity contribution in [2.24, 2.45) is 5.73 Å². The van der Waals surface area contributed by atoms with Gasteiger partial charge < -0.3 is 10.5 Å². The maximum atomic E-state index is 12.8. The fraction of sp³-hybridized carbons (Fsp3) is 0.263. The molecule has 0 saturated carbocycles. The predicted octanol–water partition coefficient (Wildman–Crippen LogP) is 4.40. The summed E-state index contributed by atoms with van der Waals surface area (Å²) in [5.74, 6) is -0.0229. The second-order valence-electron chi connectivity index (χ2n) is 5.58. The molecule has 7 heteroatoms. The minimum absolute atomic E-state index is 0.390. The number of carbonyl (C=O) groups excluding carboxylic acids is 1. The molecule has 0 saturated heterocycles. The van der Waals surface area contributed by atoms with Gasteiger partial charge in [-0.2, -0.15) is 13.2 Å². The Hall–Kier alpha value is -2.83. The second-order valence-corrected chi connectivity index (χ2v) is 5.58. The molecule has 0 spiro atoms. The molecular formula is C19H19F3N2O2. The van der Waals surface area contributed by atoms with Gasteiger partial charge in [-0.05, 0) is 31.4 Å². The van der Waals surface area contributed by atoms with E-state index in [1.165, 1.54) is 6.08 Å². The number of fused-ring (bicyclic) bond motifs is 1. The number of ether oxygens (including phenoxy) is 1. The van der Waals surface area contributed by atoms with Gasteiger partial charge in [-0.1, -0.05) is 30.4 Å². The average Bonchev–Trinajstić information content (AvgIpc) is 2.58. The number of unbranched alkanes of at least 4 members (excludes halogenated alkanes) is 2. The van der Waals surface area contributed by atoms with Gasteiger partial charge in [-0.15, -0.1) is 0 Å². The number of allylic oxidation sites excluding steroid dienone is 3. The fourth-order valence-electron chi connectivity index (χ4n) is 2.28. The monoisotopic (exact) mass is 364 g/mol. The van der Waals surface area contributed by atoms with Crippen molar-refractivity contribution < 1.29 is 22.7 Å². The number of alkyl halides is 3. The zero-order valence-corrected chi connectivity index (χ0v) is 14.0. The van der Waals surface area contributed by atoms with Crippen LogP contribution in [0.25, 0.3) is 10.9 Å². The number of primary amides is 1. The Balaban J connectivity index is 1.86. The van der Waals surface area contributed by atoms with Crippen LogP contribution in [0.4, 0.5) is 13.2 Å². The summed E-state index contributed by atoms with van der Waals surface area (Å²) < 4.78 is 43.9. The van der Waals surface area contributed by atoms with E-state index in [4.69, 9.17) is 10.5 Å². The van der Waals surface area contributed by atoms with Crippen LogP contribution in [-0.2, 0) is 11.0 Å². The topological polar surface area (TPSA) is 65.2 Å². The first-order chi connectivity index (χ1) is 12.4. The lowest BCUT2D eigenvalue weighted by Gasteiger charge is -2.10. The number of hydrogen-bond donors (Lipinski definition) is 1.